The molecule has 0 aliphatic carbocycles. The van der Waals surface area contributed by atoms with Gasteiger partial charge < -0.3 is 0 Å². The highest BCUT2D eigenvalue weighted by atomic mass is 16.6. The van der Waals surface area contributed by atoms with E-state index in [-0.39, 0.29) is 11.4 Å². The summed E-state index contributed by atoms with van der Waals surface area (Å²) in [4.78, 5) is 23.2. The summed E-state index contributed by atoms with van der Waals surface area (Å²) in [6.45, 7) is 1.59. The lowest BCUT2D eigenvalue weighted by atomic mass is 10.2. The van der Waals surface area contributed by atoms with Gasteiger partial charge in [0.05, 0.1) is 4.92 Å². The fourth-order valence-electron chi connectivity index (χ4n) is 1.02. The third kappa shape index (κ3) is 1.77. The minimum Gasteiger partial charge on any atom is -0.258 e. The van der Waals surface area contributed by atoms with Gasteiger partial charge in [-0.2, -0.15) is 4.99 Å². The minimum atomic E-state index is -0.564. The zero-order chi connectivity index (χ0) is 9.84. The Morgan fingerprint density at radius 1 is 1.54 bits per heavy atom. The summed E-state index contributed by atoms with van der Waals surface area (Å²) in [5.74, 6) is 0. The standard InChI is InChI=1S/C8H6N2O3/c1-6-3-2-4-7(9-5-11)8(6)10(12)13/h2-4H,1H3. The fourth-order valence-corrected chi connectivity index (χ4v) is 1.02. The molecule has 0 saturated carbocycles. The van der Waals surface area contributed by atoms with Gasteiger partial charge in [0.15, 0.2) is 5.69 Å². The molecule has 5 nitrogen and oxygen atoms in total. The molecular weight excluding hydrogens is 172 g/mol. The van der Waals surface area contributed by atoms with Crippen molar-refractivity contribution in [3.8, 4) is 0 Å². The number of nitro groups is 1. The third-order valence-electron chi connectivity index (χ3n) is 1.57. The molecule has 1 aromatic rings. The highest BCUT2D eigenvalue weighted by molar-refractivity contribution is 5.64. The van der Waals surface area contributed by atoms with E-state index in [0.29, 0.717) is 5.56 Å². The average molecular weight is 178 g/mol. The van der Waals surface area contributed by atoms with Crippen molar-refractivity contribution in [2.45, 2.75) is 6.92 Å². The zero-order valence-corrected chi connectivity index (χ0v) is 6.85. The maximum absolute atomic E-state index is 10.5. The van der Waals surface area contributed by atoms with E-state index >= 15 is 0 Å². The summed E-state index contributed by atoms with van der Waals surface area (Å²) in [6, 6.07) is 4.58. The molecule has 0 fully saturated rings. The minimum absolute atomic E-state index is 0.0417. The van der Waals surface area contributed by atoms with Gasteiger partial charge in [-0.3, -0.25) is 10.1 Å². The average Bonchev–Trinajstić information content (AvgIpc) is 2.04. The Bertz CT molecular complexity index is 394. The summed E-state index contributed by atoms with van der Waals surface area (Å²) in [6.07, 6.45) is 1.28. The highest BCUT2D eigenvalue weighted by Crippen LogP contribution is 2.29. The molecule has 0 unspecified atom stereocenters. The van der Waals surface area contributed by atoms with Crippen LogP contribution in [0.1, 0.15) is 5.56 Å². The largest absolute Gasteiger partial charge is 0.298 e. The molecule has 0 aliphatic rings. The number of hydrogen-bond donors (Lipinski definition) is 0. The molecule has 0 bridgehead atoms. The molecule has 5 heteroatoms. The van der Waals surface area contributed by atoms with Gasteiger partial charge in [0.1, 0.15) is 0 Å². The first-order valence-electron chi connectivity index (χ1n) is 3.48. The molecule has 0 radical (unpaired) electrons. The van der Waals surface area contributed by atoms with Crippen molar-refractivity contribution < 1.29 is 9.72 Å². The summed E-state index contributed by atoms with van der Waals surface area (Å²) in [5.41, 5.74) is 0.368. The predicted molar refractivity (Wildman–Crippen MR) is 45.6 cm³/mol. The number of isocyanates is 1. The number of aryl methyl sites for hydroxylation is 1. The Hall–Kier alpha value is -2.00. The number of para-hydroxylation sites is 1. The Morgan fingerprint density at radius 3 is 2.77 bits per heavy atom. The SMILES string of the molecule is Cc1cccc(N=C=O)c1[N+](=O)[O-]. The monoisotopic (exact) mass is 178 g/mol. The van der Waals surface area contributed by atoms with Crippen LogP contribution in [0.3, 0.4) is 0 Å². The first kappa shape index (κ1) is 9.09. The van der Waals surface area contributed by atoms with Crippen LogP contribution in [0, 0.1) is 17.0 Å². The first-order chi connectivity index (χ1) is 6.16. The summed E-state index contributed by atoms with van der Waals surface area (Å²) in [7, 11) is 0. The van der Waals surface area contributed by atoms with Crippen LogP contribution in [0.2, 0.25) is 0 Å². The number of benzene rings is 1. The smallest absolute Gasteiger partial charge is 0.258 e. The lowest BCUT2D eigenvalue weighted by Crippen LogP contribution is -1.91. The van der Waals surface area contributed by atoms with E-state index in [9.17, 15) is 14.9 Å². The lowest BCUT2D eigenvalue weighted by molar-refractivity contribution is -0.384. The molecule has 0 amide bonds. The van der Waals surface area contributed by atoms with E-state index in [0.717, 1.165) is 0 Å². The lowest BCUT2D eigenvalue weighted by Gasteiger charge is -1.97. The van der Waals surface area contributed by atoms with Crippen LogP contribution < -0.4 is 0 Å². The fraction of sp³-hybridized carbons (Fsp3) is 0.125. The molecule has 1 rings (SSSR count). The van der Waals surface area contributed by atoms with Crippen molar-refractivity contribution in [1.82, 2.24) is 0 Å². The number of nitrogens with zero attached hydrogens (tertiary/aromatic N) is 2. The summed E-state index contributed by atoms with van der Waals surface area (Å²) < 4.78 is 0. The topological polar surface area (TPSA) is 72.6 Å². The van der Waals surface area contributed by atoms with Gasteiger partial charge in [-0.1, -0.05) is 12.1 Å². The second kappa shape index (κ2) is 3.60. The van der Waals surface area contributed by atoms with E-state index in [1.54, 1.807) is 19.1 Å². The van der Waals surface area contributed by atoms with E-state index < -0.39 is 4.92 Å². The van der Waals surface area contributed by atoms with E-state index in [2.05, 4.69) is 4.99 Å². The number of nitro benzene ring substituents is 1. The number of rotatable bonds is 2. The normalized spacial score (nSPS) is 9.00. The van der Waals surface area contributed by atoms with Gasteiger partial charge >= 0.3 is 0 Å². The maximum Gasteiger partial charge on any atom is 0.298 e. The molecule has 0 N–H and O–H groups in total. The van der Waals surface area contributed by atoms with Crippen molar-refractivity contribution in [1.29, 1.82) is 0 Å². The van der Waals surface area contributed by atoms with E-state index in [4.69, 9.17) is 0 Å². The second-order valence-corrected chi connectivity index (χ2v) is 2.40. The van der Waals surface area contributed by atoms with Crippen LogP contribution in [0.4, 0.5) is 11.4 Å². The van der Waals surface area contributed by atoms with Gasteiger partial charge in [-0.05, 0) is 13.0 Å². The third-order valence-corrected chi connectivity index (χ3v) is 1.57. The van der Waals surface area contributed by atoms with Gasteiger partial charge in [0.2, 0.25) is 6.08 Å². The van der Waals surface area contributed by atoms with Gasteiger partial charge in [-0.25, -0.2) is 4.79 Å². The van der Waals surface area contributed by atoms with Gasteiger partial charge in [-0.15, -0.1) is 0 Å². The molecule has 0 heterocycles. The second-order valence-electron chi connectivity index (χ2n) is 2.40. The van der Waals surface area contributed by atoms with Crippen molar-refractivity contribution >= 4 is 17.5 Å². The molecule has 0 saturated heterocycles. The number of hydrogen-bond acceptors (Lipinski definition) is 4. The number of aliphatic imine (C=N–C) groups is 1. The van der Waals surface area contributed by atoms with Gasteiger partial charge in [0.25, 0.3) is 5.69 Å². The molecule has 0 aromatic heterocycles. The van der Waals surface area contributed by atoms with Crippen molar-refractivity contribution in [2.75, 3.05) is 0 Å². The highest BCUT2D eigenvalue weighted by Gasteiger charge is 2.15. The molecule has 0 atom stereocenters. The number of carbonyl (C=O) groups excluding carboxylic acids is 1. The molecular formula is C8H6N2O3. The summed E-state index contributed by atoms with van der Waals surface area (Å²) >= 11 is 0. The van der Waals surface area contributed by atoms with Crippen LogP contribution in [-0.4, -0.2) is 11.0 Å². The predicted octanol–water partition coefficient (Wildman–Crippen LogP) is 1.87. The van der Waals surface area contributed by atoms with Crippen LogP contribution in [-0.2, 0) is 4.79 Å². The molecule has 1 aromatic carbocycles. The van der Waals surface area contributed by atoms with Crippen LogP contribution in [0.15, 0.2) is 23.2 Å². The van der Waals surface area contributed by atoms with Crippen molar-refractivity contribution in [3.05, 3.63) is 33.9 Å². The first-order valence-corrected chi connectivity index (χ1v) is 3.48. The van der Waals surface area contributed by atoms with Crippen LogP contribution >= 0.6 is 0 Å². The van der Waals surface area contributed by atoms with Crippen molar-refractivity contribution in [2.24, 2.45) is 4.99 Å². The van der Waals surface area contributed by atoms with E-state index in [1.807, 2.05) is 0 Å². The Balaban J connectivity index is 3.42. The zero-order valence-electron chi connectivity index (χ0n) is 6.85. The molecule has 13 heavy (non-hydrogen) atoms. The van der Waals surface area contributed by atoms with Crippen LogP contribution in [0.5, 0.6) is 0 Å². The quantitative estimate of drug-likeness (QED) is 0.300. The molecule has 0 aliphatic heterocycles. The Labute approximate surface area is 73.9 Å². The summed E-state index contributed by atoms with van der Waals surface area (Å²) in [5, 5.41) is 10.5. The molecule has 66 valence electrons. The van der Waals surface area contributed by atoms with Crippen molar-refractivity contribution in [3.63, 3.8) is 0 Å². The van der Waals surface area contributed by atoms with Crippen LogP contribution in [0.25, 0.3) is 0 Å². The van der Waals surface area contributed by atoms with Gasteiger partial charge in [0, 0.05) is 5.56 Å². The maximum atomic E-state index is 10.5. The molecule has 0 spiro atoms. The van der Waals surface area contributed by atoms with E-state index in [1.165, 1.54) is 12.1 Å². The Morgan fingerprint density at radius 2 is 2.23 bits per heavy atom. The Kier molecular flexibility index (Phi) is 2.52.